The molecule has 2 aromatic rings. The Kier molecular flexibility index (Phi) is 38.0. The van der Waals surface area contributed by atoms with E-state index in [-0.39, 0.29) is 89.1 Å². The van der Waals surface area contributed by atoms with Crippen LogP contribution in [0.2, 0.25) is 0 Å². The summed E-state index contributed by atoms with van der Waals surface area (Å²) in [4.78, 5) is 135. The third-order valence-corrected chi connectivity index (χ3v) is 11.0. The van der Waals surface area contributed by atoms with Crippen LogP contribution in [0.1, 0.15) is 102 Å². The van der Waals surface area contributed by atoms with Crippen LogP contribution in [0.3, 0.4) is 0 Å². The Labute approximate surface area is 468 Å². The lowest BCUT2D eigenvalue weighted by Crippen LogP contribution is -2.50. The molecule has 0 spiro atoms. The predicted octanol–water partition coefficient (Wildman–Crippen LogP) is 0.799. The molecule has 1 saturated carbocycles. The van der Waals surface area contributed by atoms with E-state index in [1.54, 1.807) is 37.5 Å². The number of carbonyl (C=O) groups excluding carboxylic acids is 8. The highest BCUT2D eigenvalue weighted by Gasteiger charge is 2.40. The fraction of sp³-hybridized carbons (Fsp3) is 0.509. The number of hydrogen-bond acceptors (Lipinski definition) is 16. The number of benzene rings is 2. The van der Waals surface area contributed by atoms with Crippen molar-refractivity contribution in [3.05, 3.63) is 77.9 Å². The minimum absolute atomic E-state index is 0.0236. The van der Waals surface area contributed by atoms with E-state index in [1.165, 1.54) is 11.0 Å². The van der Waals surface area contributed by atoms with Crippen LogP contribution in [0.25, 0.3) is 6.08 Å². The third-order valence-electron chi connectivity index (χ3n) is 11.0. The molecule has 8 amide bonds. The van der Waals surface area contributed by atoms with Crippen LogP contribution in [-0.4, -0.2) is 167 Å². The zero-order chi connectivity index (χ0) is 61.3. The highest BCUT2D eigenvalue weighted by molar-refractivity contribution is 5.94. The summed E-state index contributed by atoms with van der Waals surface area (Å²) in [6.07, 6.45) is 4.78. The van der Waals surface area contributed by atoms with Crippen LogP contribution in [0, 0.1) is 5.92 Å². The van der Waals surface area contributed by atoms with E-state index in [9.17, 15) is 62.6 Å². The third kappa shape index (κ3) is 37.1. The maximum absolute atomic E-state index is 12.4. The first-order valence-electron chi connectivity index (χ1n) is 25.6. The number of primary amides is 4. The number of carboxylic acids is 4. The molecule has 28 heteroatoms. The number of carboxylic acid groups (broad SMARTS) is 4. The zero-order valence-electron chi connectivity index (χ0n) is 45.7. The number of nitrogens with one attached hydrogen (secondary N) is 3. The van der Waals surface area contributed by atoms with Crippen LogP contribution >= 0.6 is 0 Å². The van der Waals surface area contributed by atoms with Gasteiger partial charge in [-0.05, 0) is 69.1 Å². The van der Waals surface area contributed by atoms with Gasteiger partial charge in [-0.3, -0.25) is 33.6 Å². The molecule has 0 radical (unpaired) electrons. The van der Waals surface area contributed by atoms with Gasteiger partial charge in [0, 0.05) is 50.8 Å². The number of methoxy groups -OCH3 is 1. The van der Waals surface area contributed by atoms with E-state index >= 15 is 0 Å². The number of nitrogens with two attached hydrogens (primary N) is 4. The Bertz CT molecular complexity index is 2340. The lowest BCUT2D eigenvalue weighted by molar-refractivity contribution is -0.153. The number of ether oxygens (including phenoxy) is 4. The number of carbonyl (C=O) groups is 12. The summed E-state index contributed by atoms with van der Waals surface area (Å²) in [7, 11) is 1.56. The van der Waals surface area contributed by atoms with E-state index in [4.69, 9.17) is 57.2 Å². The topological polar surface area (TPSA) is 466 Å². The molecule has 2 aromatic carbocycles. The molecular weight excluding hydrogens is 1070 g/mol. The van der Waals surface area contributed by atoms with Crippen LogP contribution in [-0.2, 0) is 78.3 Å². The van der Waals surface area contributed by atoms with Gasteiger partial charge in [0.2, 0.25) is 41.4 Å². The molecule has 450 valence electrons. The van der Waals surface area contributed by atoms with E-state index in [2.05, 4.69) is 16.0 Å². The van der Waals surface area contributed by atoms with Crippen molar-refractivity contribution in [1.82, 2.24) is 20.9 Å². The van der Waals surface area contributed by atoms with Gasteiger partial charge < -0.3 is 83.2 Å². The van der Waals surface area contributed by atoms with E-state index in [0.717, 1.165) is 36.8 Å². The van der Waals surface area contributed by atoms with Gasteiger partial charge in [0.25, 0.3) is 0 Å². The maximum Gasteiger partial charge on any atom is 0.408 e. The summed E-state index contributed by atoms with van der Waals surface area (Å²) in [5, 5.41) is 42.8. The molecule has 0 aliphatic heterocycles. The second kappa shape index (κ2) is 42.4. The molecule has 15 N–H and O–H groups in total. The zero-order valence-corrected chi connectivity index (χ0v) is 45.7. The van der Waals surface area contributed by atoms with Crippen LogP contribution in [0.4, 0.5) is 4.79 Å². The second-order valence-electron chi connectivity index (χ2n) is 17.9. The molecular formula is C53H78N8O20. The summed E-state index contributed by atoms with van der Waals surface area (Å²) >= 11 is 0. The van der Waals surface area contributed by atoms with Crippen molar-refractivity contribution >= 4 is 77.4 Å². The fourth-order valence-corrected chi connectivity index (χ4v) is 6.69. The molecule has 1 unspecified atom stereocenters. The number of alkyl carbamates (subject to hydrolysis) is 1. The molecule has 1 fully saturated rings. The number of nitrogens with zero attached hydrogens (tertiary/aromatic N) is 1. The van der Waals surface area contributed by atoms with Crippen molar-refractivity contribution in [1.29, 1.82) is 0 Å². The first-order valence-corrected chi connectivity index (χ1v) is 25.6. The summed E-state index contributed by atoms with van der Waals surface area (Å²) in [6, 6.07) is 13.5. The number of hydrogen-bond donors (Lipinski definition) is 11. The van der Waals surface area contributed by atoms with Gasteiger partial charge >= 0.3 is 30.0 Å². The molecule has 5 atom stereocenters. The lowest BCUT2D eigenvalue weighted by Gasteiger charge is -2.34. The summed E-state index contributed by atoms with van der Waals surface area (Å²) in [5.74, 6) is -8.40. The van der Waals surface area contributed by atoms with Crippen molar-refractivity contribution in [3.63, 3.8) is 0 Å². The van der Waals surface area contributed by atoms with Gasteiger partial charge in [-0.1, -0.05) is 74.0 Å². The molecule has 0 saturated heterocycles. The number of amides is 8. The maximum atomic E-state index is 12.4. The van der Waals surface area contributed by atoms with Crippen molar-refractivity contribution < 1.29 is 96.9 Å². The Morgan fingerprint density at radius 3 is 1.52 bits per heavy atom. The highest BCUT2D eigenvalue weighted by Crippen LogP contribution is 2.33. The average molecular weight is 1150 g/mol. The minimum Gasteiger partial charge on any atom is -0.480 e. The monoisotopic (exact) mass is 1150 g/mol. The normalized spacial score (nSPS) is 13.1. The summed E-state index contributed by atoms with van der Waals surface area (Å²) in [6.45, 7) is 5.03. The van der Waals surface area contributed by atoms with Crippen LogP contribution < -0.4 is 38.9 Å². The number of rotatable bonds is 36. The minimum atomic E-state index is -1.25. The second-order valence-corrected chi connectivity index (χ2v) is 17.9. The Morgan fingerprint density at radius 2 is 1.06 bits per heavy atom. The van der Waals surface area contributed by atoms with Crippen molar-refractivity contribution in [2.75, 3.05) is 40.1 Å². The Hall–Kier alpha value is -8.50. The summed E-state index contributed by atoms with van der Waals surface area (Å²) in [5.41, 5.74) is 21.5. The molecule has 1 aliphatic carbocycles. The largest absolute Gasteiger partial charge is 0.480 e. The number of aliphatic carboxylic acids is 4. The fourth-order valence-electron chi connectivity index (χ4n) is 6.69. The predicted molar refractivity (Wildman–Crippen MR) is 288 cm³/mol. The van der Waals surface area contributed by atoms with Crippen molar-refractivity contribution in [2.24, 2.45) is 28.9 Å². The van der Waals surface area contributed by atoms with E-state index < -0.39 is 89.6 Å². The van der Waals surface area contributed by atoms with Crippen LogP contribution in [0.5, 0.6) is 0 Å². The first-order chi connectivity index (χ1) is 38.3. The summed E-state index contributed by atoms with van der Waals surface area (Å²) < 4.78 is 19.8. The first kappa shape index (κ1) is 72.5. The SMILES string of the molecule is CCCC(C)N(C(=O)C1CC1)[C@@H](CCC(N)=O)C(=O)O.COCCOCCOCC(=O)N[C@@H](CCC(N)=O)C(=O)O.NC(=O)CC[C@H](NC(=O)C=Cc1ccccc1)C(=O)O.NC(=O)CC[C@H](NC(=O)OCc1ccccc1)C(=O)O. The molecule has 28 nitrogen and oxygen atoms in total. The Balaban J connectivity index is 0.00000105. The lowest BCUT2D eigenvalue weighted by atomic mass is 10.0. The Morgan fingerprint density at radius 1 is 0.605 bits per heavy atom. The average Bonchev–Trinajstić information content (AvgIpc) is 4.30. The van der Waals surface area contributed by atoms with E-state index in [0.29, 0.717) is 19.8 Å². The standard InChI is InChI=1S/C14H24N2O4.C14H16N2O4.C13H16N2O5.C12H22N2O7/c1-3-4-9(2)16(13(18)10-5-6-10)11(14(19)20)7-8-12(15)17;15-12(17)8-7-11(14(19)20)16-13(18)9-6-10-4-2-1-3-5-10;14-11(16)7-6-10(12(17)18)15-13(19)20-8-9-4-2-1-3-5-9;1-19-4-5-20-6-7-21-8-11(16)14-9(12(17)18)2-3-10(13)15/h9-11H,3-8H2,1-2H3,(H2,15,17)(H,19,20);1-6,9,11H,7-8H2,(H2,15,17)(H,16,18)(H,19,20);1-5,10H,6-8H2,(H2,14,16)(H,15,19)(H,17,18);9H,2-8H2,1H3,(H2,13,15)(H,14,16)(H,17,18)/t9?,11-;11-;10-;9-/m0000/s1. The highest BCUT2D eigenvalue weighted by atomic mass is 16.6. The molecule has 3 rings (SSSR count). The quantitative estimate of drug-likeness (QED) is 0.0332. The molecule has 81 heavy (non-hydrogen) atoms. The molecule has 0 bridgehead atoms. The molecule has 1 aliphatic rings. The van der Waals surface area contributed by atoms with Gasteiger partial charge in [-0.2, -0.15) is 0 Å². The van der Waals surface area contributed by atoms with Gasteiger partial charge in [-0.15, -0.1) is 0 Å². The van der Waals surface area contributed by atoms with Crippen LogP contribution in [0.15, 0.2) is 66.7 Å². The van der Waals surface area contributed by atoms with E-state index in [1.807, 2.05) is 50.2 Å². The van der Waals surface area contributed by atoms with Gasteiger partial charge in [0.15, 0.2) is 0 Å². The smallest absolute Gasteiger partial charge is 0.408 e. The van der Waals surface area contributed by atoms with Crippen molar-refractivity contribution in [3.8, 4) is 0 Å². The van der Waals surface area contributed by atoms with Crippen molar-refractivity contribution in [2.45, 2.75) is 128 Å². The van der Waals surface area contributed by atoms with Gasteiger partial charge in [0.05, 0.1) is 26.4 Å². The molecule has 0 heterocycles. The van der Waals surface area contributed by atoms with Gasteiger partial charge in [-0.25, -0.2) is 24.0 Å². The van der Waals surface area contributed by atoms with Gasteiger partial charge in [0.1, 0.15) is 37.4 Å². The molecule has 0 aromatic heterocycles.